The zero-order valence-electron chi connectivity index (χ0n) is 17.4. The number of pyridine rings is 1. The van der Waals surface area contributed by atoms with Crippen molar-refractivity contribution in [1.29, 1.82) is 0 Å². The Balaban J connectivity index is 1.47. The van der Waals surface area contributed by atoms with Gasteiger partial charge in [-0.3, -0.25) is 9.78 Å². The standard InChI is InChI=1S/C23H25N5O3/c1-16-25-21(12-22(29)26-16)18-6-8-19(9-7-18)27-23(30)28(15-20-5-3-11-31-20)14-17-4-2-10-24-13-17/h2,4,6-10,12-13,20H,3,5,11,14-15H2,1H3,(H,27,30)(H,25,26,29)/t20-/m0/s1. The lowest BCUT2D eigenvalue weighted by atomic mass is 10.1. The Bertz CT molecular complexity index is 1080. The van der Waals surface area contributed by atoms with Gasteiger partial charge >= 0.3 is 6.03 Å². The lowest BCUT2D eigenvalue weighted by molar-refractivity contribution is 0.0819. The van der Waals surface area contributed by atoms with Crippen LogP contribution in [0.4, 0.5) is 10.5 Å². The van der Waals surface area contributed by atoms with Crippen molar-refractivity contribution in [2.75, 3.05) is 18.5 Å². The highest BCUT2D eigenvalue weighted by Gasteiger charge is 2.23. The number of H-pyrrole nitrogens is 1. The summed E-state index contributed by atoms with van der Waals surface area (Å²) in [6, 6.07) is 12.4. The molecule has 0 saturated carbocycles. The summed E-state index contributed by atoms with van der Waals surface area (Å²) in [6.07, 6.45) is 5.50. The third-order valence-electron chi connectivity index (χ3n) is 5.12. The van der Waals surface area contributed by atoms with Crippen molar-refractivity contribution in [2.24, 2.45) is 0 Å². The van der Waals surface area contributed by atoms with E-state index in [-0.39, 0.29) is 17.7 Å². The minimum atomic E-state index is -0.197. The summed E-state index contributed by atoms with van der Waals surface area (Å²) >= 11 is 0. The van der Waals surface area contributed by atoms with E-state index in [1.54, 1.807) is 36.4 Å². The first-order valence-electron chi connectivity index (χ1n) is 10.3. The van der Waals surface area contributed by atoms with Crippen LogP contribution in [0.1, 0.15) is 24.2 Å². The molecule has 1 aromatic carbocycles. The second-order valence-electron chi connectivity index (χ2n) is 7.60. The number of hydrogen-bond donors (Lipinski definition) is 2. The zero-order chi connectivity index (χ0) is 21.6. The number of carbonyl (C=O) groups is 1. The normalized spacial score (nSPS) is 15.6. The van der Waals surface area contributed by atoms with E-state index in [9.17, 15) is 9.59 Å². The number of benzene rings is 1. The zero-order valence-corrected chi connectivity index (χ0v) is 17.4. The second kappa shape index (κ2) is 9.53. The molecular weight excluding hydrogens is 394 g/mol. The topological polar surface area (TPSA) is 100 Å². The molecule has 1 fully saturated rings. The van der Waals surface area contributed by atoms with Gasteiger partial charge in [-0.05, 0) is 43.5 Å². The van der Waals surface area contributed by atoms with E-state index < -0.39 is 0 Å². The molecule has 4 rings (SSSR count). The van der Waals surface area contributed by atoms with E-state index in [2.05, 4.69) is 20.3 Å². The van der Waals surface area contributed by atoms with Crippen LogP contribution in [0.3, 0.4) is 0 Å². The van der Waals surface area contributed by atoms with Crippen molar-refractivity contribution in [1.82, 2.24) is 19.9 Å². The largest absolute Gasteiger partial charge is 0.376 e. The highest BCUT2D eigenvalue weighted by molar-refractivity contribution is 5.89. The molecule has 0 radical (unpaired) electrons. The van der Waals surface area contributed by atoms with Crippen LogP contribution in [0.15, 0.2) is 59.7 Å². The molecule has 3 heterocycles. The molecule has 1 aliphatic rings. The fraction of sp³-hybridized carbons (Fsp3) is 0.304. The number of carbonyl (C=O) groups excluding carboxylic acids is 1. The number of aromatic amines is 1. The van der Waals surface area contributed by atoms with Crippen molar-refractivity contribution >= 4 is 11.7 Å². The number of rotatable bonds is 6. The van der Waals surface area contributed by atoms with Crippen molar-refractivity contribution < 1.29 is 9.53 Å². The van der Waals surface area contributed by atoms with E-state index >= 15 is 0 Å². The molecule has 2 aromatic heterocycles. The van der Waals surface area contributed by atoms with Crippen LogP contribution in [0.25, 0.3) is 11.3 Å². The molecule has 160 valence electrons. The Morgan fingerprint density at radius 2 is 2.13 bits per heavy atom. The third kappa shape index (κ3) is 5.55. The van der Waals surface area contributed by atoms with Gasteiger partial charge in [0.2, 0.25) is 0 Å². The fourth-order valence-corrected chi connectivity index (χ4v) is 3.62. The highest BCUT2D eigenvalue weighted by atomic mass is 16.5. The maximum Gasteiger partial charge on any atom is 0.322 e. The first-order valence-corrected chi connectivity index (χ1v) is 10.3. The smallest absolute Gasteiger partial charge is 0.322 e. The number of hydrogen-bond acceptors (Lipinski definition) is 5. The maximum absolute atomic E-state index is 13.0. The molecule has 2 N–H and O–H groups in total. The molecule has 1 saturated heterocycles. The first-order chi connectivity index (χ1) is 15.1. The van der Waals surface area contributed by atoms with E-state index in [0.29, 0.717) is 30.3 Å². The van der Waals surface area contributed by atoms with E-state index in [0.717, 1.165) is 30.6 Å². The first kappa shape index (κ1) is 20.7. The molecule has 0 aliphatic carbocycles. The molecule has 0 spiro atoms. The Morgan fingerprint density at radius 1 is 1.29 bits per heavy atom. The van der Waals surface area contributed by atoms with E-state index in [1.165, 1.54) is 6.07 Å². The molecule has 31 heavy (non-hydrogen) atoms. The average molecular weight is 419 g/mol. The molecule has 0 bridgehead atoms. The summed E-state index contributed by atoms with van der Waals surface area (Å²) in [6.45, 7) is 3.46. The fourth-order valence-electron chi connectivity index (χ4n) is 3.62. The van der Waals surface area contributed by atoms with Crippen molar-refractivity contribution in [3.63, 3.8) is 0 Å². The van der Waals surface area contributed by atoms with Gasteiger partial charge < -0.3 is 19.9 Å². The lowest BCUT2D eigenvalue weighted by Gasteiger charge is -2.26. The number of ether oxygens (including phenoxy) is 1. The van der Waals surface area contributed by atoms with Gasteiger partial charge in [-0.1, -0.05) is 18.2 Å². The van der Waals surface area contributed by atoms with Gasteiger partial charge in [0.25, 0.3) is 5.56 Å². The number of anilines is 1. The van der Waals surface area contributed by atoms with Crippen LogP contribution < -0.4 is 10.9 Å². The van der Waals surface area contributed by atoms with Gasteiger partial charge in [0.1, 0.15) is 5.82 Å². The van der Waals surface area contributed by atoms with Gasteiger partial charge in [0, 0.05) is 49.4 Å². The van der Waals surface area contributed by atoms with Crippen molar-refractivity contribution in [2.45, 2.75) is 32.4 Å². The number of amides is 2. The summed E-state index contributed by atoms with van der Waals surface area (Å²) < 4.78 is 5.73. The molecule has 0 unspecified atom stereocenters. The van der Waals surface area contributed by atoms with Crippen LogP contribution >= 0.6 is 0 Å². The lowest BCUT2D eigenvalue weighted by Crippen LogP contribution is -2.39. The van der Waals surface area contributed by atoms with Crippen molar-refractivity contribution in [3.05, 3.63) is 76.6 Å². The second-order valence-corrected chi connectivity index (χ2v) is 7.60. The summed E-state index contributed by atoms with van der Waals surface area (Å²) in [5, 5.41) is 2.96. The van der Waals surface area contributed by atoms with E-state index in [1.807, 2.05) is 24.3 Å². The van der Waals surface area contributed by atoms with Gasteiger partial charge in [-0.15, -0.1) is 0 Å². The number of nitrogens with zero attached hydrogens (tertiary/aromatic N) is 3. The number of urea groups is 1. The summed E-state index contributed by atoms with van der Waals surface area (Å²) in [5.74, 6) is 0.556. The maximum atomic E-state index is 13.0. The van der Waals surface area contributed by atoms with Crippen molar-refractivity contribution in [3.8, 4) is 11.3 Å². The Kier molecular flexibility index (Phi) is 6.37. The minimum Gasteiger partial charge on any atom is -0.376 e. The molecule has 3 aromatic rings. The molecule has 1 atom stereocenters. The quantitative estimate of drug-likeness (QED) is 0.638. The third-order valence-corrected chi connectivity index (χ3v) is 5.12. The predicted octanol–water partition coefficient (Wildman–Crippen LogP) is 3.35. The molecule has 1 aliphatic heterocycles. The van der Waals surface area contributed by atoms with Crippen LogP contribution in [-0.4, -0.2) is 45.1 Å². The Hall–Kier alpha value is -3.52. The summed E-state index contributed by atoms with van der Waals surface area (Å²) in [4.78, 5) is 37.6. The predicted molar refractivity (Wildman–Crippen MR) is 118 cm³/mol. The van der Waals surface area contributed by atoms with Crippen LogP contribution in [0.5, 0.6) is 0 Å². The monoisotopic (exact) mass is 419 g/mol. The average Bonchev–Trinajstić information content (AvgIpc) is 3.27. The summed E-state index contributed by atoms with van der Waals surface area (Å²) in [5.41, 5.74) is 2.83. The van der Waals surface area contributed by atoms with Crippen LogP contribution in [-0.2, 0) is 11.3 Å². The summed E-state index contributed by atoms with van der Waals surface area (Å²) in [7, 11) is 0. The molecule has 2 amide bonds. The Labute approximate surface area is 180 Å². The van der Waals surface area contributed by atoms with Gasteiger partial charge in [0.05, 0.1) is 11.8 Å². The van der Waals surface area contributed by atoms with Gasteiger partial charge in [-0.2, -0.15) is 0 Å². The molecule has 8 heteroatoms. The Morgan fingerprint density at radius 3 is 2.81 bits per heavy atom. The van der Waals surface area contributed by atoms with Gasteiger partial charge in [0.15, 0.2) is 0 Å². The SMILES string of the molecule is Cc1nc(-c2ccc(NC(=O)N(Cc3cccnc3)C[C@@H]3CCCO3)cc2)cc(=O)[nH]1. The van der Waals surface area contributed by atoms with Gasteiger partial charge in [-0.25, -0.2) is 9.78 Å². The van der Waals surface area contributed by atoms with Crippen LogP contribution in [0.2, 0.25) is 0 Å². The minimum absolute atomic E-state index is 0.0512. The van der Waals surface area contributed by atoms with Crippen LogP contribution in [0, 0.1) is 6.92 Å². The number of aromatic nitrogens is 3. The number of aryl methyl sites for hydroxylation is 1. The van der Waals surface area contributed by atoms with E-state index in [4.69, 9.17) is 4.74 Å². The molecule has 8 nitrogen and oxygen atoms in total. The highest BCUT2D eigenvalue weighted by Crippen LogP contribution is 2.20. The number of nitrogens with one attached hydrogen (secondary N) is 2. The molecular formula is C23H25N5O3.